The molecule has 1 aromatic heterocycles. The third kappa shape index (κ3) is 3.82. The largest absolute Gasteiger partial charge is 0.354 e. The molecule has 1 unspecified atom stereocenters. The summed E-state index contributed by atoms with van der Waals surface area (Å²) < 4.78 is 1.62. The second kappa shape index (κ2) is 6.54. The van der Waals surface area contributed by atoms with Crippen molar-refractivity contribution in [1.29, 1.82) is 0 Å². The number of benzene rings is 1. The first kappa shape index (κ1) is 14.6. The summed E-state index contributed by atoms with van der Waals surface area (Å²) in [6, 6.07) is 6.86. The molecule has 2 aromatic rings. The molecule has 2 rings (SSSR count). The van der Waals surface area contributed by atoms with Crippen LogP contribution in [0.1, 0.15) is 17.2 Å². The highest BCUT2D eigenvalue weighted by Gasteiger charge is 2.16. The summed E-state index contributed by atoms with van der Waals surface area (Å²) in [5.41, 5.74) is 7.69. The van der Waals surface area contributed by atoms with Gasteiger partial charge in [-0.25, -0.2) is 0 Å². The molecule has 0 fully saturated rings. The Labute approximate surface area is 122 Å². The Hall–Kier alpha value is -1.85. The first-order valence-electron chi connectivity index (χ1n) is 6.32. The highest BCUT2D eigenvalue weighted by atomic mass is 35.5. The fourth-order valence-corrected chi connectivity index (χ4v) is 1.97. The summed E-state index contributed by atoms with van der Waals surface area (Å²) in [7, 11) is 1.79. The lowest BCUT2D eigenvalue weighted by Crippen LogP contribution is -2.35. The number of hydrogen-bond acceptors (Lipinski definition) is 3. The third-order valence-corrected chi connectivity index (χ3v) is 3.24. The van der Waals surface area contributed by atoms with E-state index in [2.05, 4.69) is 10.4 Å². The predicted octanol–water partition coefficient (Wildman–Crippen LogP) is 1.43. The van der Waals surface area contributed by atoms with E-state index in [9.17, 15) is 4.79 Å². The maximum Gasteiger partial charge on any atom is 0.241 e. The zero-order chi connectivity index (χ0) is 14.5. The summed E-state index contributed by atoms with van der Waals surface area (Å²) >= 11 is 5.81. The number of aryl methyl sites for hydroxylation is 1. The number of aromatic nitrogens is 2. The molecule has 0 saturated carbocycles. The van der Waals surface area contributed by atoms with Gasteiger partial charge in [-0.2, -0.15) is 5.10 Å². The van der Waals surface area contributed by atoms with Crippen LogP contribution in [0.15, 0.2) is 36.7 Å². The van der Waals surface area contributed by atoms with E-state index in [0.717, 1.165) is 12.0 Å². The van der Waals surface area contributed by atoms with Crippen LogP contribution >= 0.6 is 11.6 Å². The van der Waals surface area contributed by atoms with Gasteiger partial charge in [-0.05, 0) is 24.1 Å². The maximum absolute atomic E-state index is 11.9. The highest BCUT2D eigenvalue weighted by Crippen LogP contribution is 2.10. The van der Waals surface area contributed by atoms with Crippen LogP contribution in [0, 0.1) is 0 Å². The molecule has 20 heavy (non-hydrogen) atoms. The van der Waals surface area contributed by atoms with Crippen LogP contribution in [0.3, 0.4) is 0 Å². The average molecular weight is 293 g/mol. The van der Waals surface area contributed by atoms with E-state index in [4.69, 9.17) is 17.3 Å². The minimum Gasteiger partial charge on any atom is -0.354 e. The molecule has 106 valence electrons. The number of nitrogens with zero attached hydrogens (tertiary/aromatic N) is 2. The molecule has 0 spiro atoms. The molecule has 6 heteroatoms. The minimum atomic E-state index is -0.686. The lowest BCUT2D eigenvalue weighted by molar-refractivity contribution is -0.122. The van der Waals surface area contributed by atoms with E-state index >= 15 is 0 Å². The van der Waals surface area contributed by atoms with Gasteiger partial charge in [0.1, 0.15) is 6.04 Å². The van der Waals surface area contributed by atoms with Crippen molar-refractivity contribution in [2.75, 3.05) is 6.54 Å². The monoisotopic (exact) mass is 292 g/mol. The first-order valence-corrected chi connectivity index (χ1v) is 6.70. The van der Waals surface area contributed by atoms with E-state index in [1.165, 1.54) is 0 Å². The van der Waals surface area contributed by atoms with Crippen LogP contribution in [-0.4, -0.2) is 22.2 Å². The van der Waals surface area contributed by atoms with Gasteiger partial charge in [-0.15, -0.1) is 0 Å². The van der Waals surface area contributed by atoms with Crippen LogP contribution in [0.25, 0.3) is 0 Å². The Bertz CT molecular complexity index is 579. The highest BCUT2D eigenvalue weighted by molar-refractivity contribution is 6.30. The molecule has 0 aliphatic heterocycles. The number of rotatable bonds is 5. The zero-order valence-corrected chi connectivity index (χ0v) is 12.0. The maximum atomic E-state index is 11.9. The Morgan fingerprint density at radius 2 is 2.15 bits per heavy atom. The van der Waals surface area contributed by atoms with Gasteiger partial charge in [0.25, 0.3) is 0 Å². The predicted molar refractivity (Wildman–Crippen MR) is 78.3 cm³/mol. The SMILES string of the molecule is Cn1cc(C(N)C(=O)NCCc2ccc(Cl)cc2)cn1. The first-order chi connectivity index (χ1) is 9.56. The summed E-state index contributed by atoms with van der Waals surface area (Å²) in [5, 5.41) is 7.52. The molecule has 0 saturated heterocycles. The molecule has 1 atom stereocenters. The van der Waals surface area contributed by atoms with Crippen molar-refractivity contribution in [3.05, 3.63) is 52.8 Å². The number of amides is 1. The van der Waals surface area contributed by atoms with Crippen LogP contribution < -0.4 is 11.1 Å². The molecule has 5 nitrogen and oxygen atoms in total. The van der Waals surface area contributed by atoms with Crippen LogP contribution in [0.4, 0.5) is 0 Å². The normalized spacial score (nSPS) is 12.2. The fraction of sp³-hybridized carbons (Fsp3) is 0.286. The van der Waals surface area contributed by atoms with Gasteiger partial charge in [0.15, 0.2) is 0 Å². The van der Waals surface area contributed by atoms with E-state index in [1.54, 1.807) is 24.1 Å². The topological polar surface area (TPSA) is 72.9 Å². The number of halogens is 1. The zero-order valence-electron chi connectivity index (χ0n) is 11.2. The Kier molecular flexibility index (Phi) is 4.76. The third-order valence-electron chi connectivity index (χ3n) is 2.99. The van der Waals surface area contributed by atoms with Gasteiger partial charge in [-0.3, -0.25) is 9.48 Å². The van der Waals surface area contributed by atoms with Gasteiger partial charge in [0.05, 0.1) is 6.20 Å². The Morgan fingerprint density at radius 3 is 2.75 bits per heavy atom. The van der Waals surface area contributed by atoms with Crippen molar-refractivity contribution >= 4 is 17.5 Å². The van der Waals surface area contributed by atoms with Crippen LogP contribution in [0.2, 0.25) is 5.02 Å². The molecule has 0 radical (unpaired) electrons. The molecule has 0 aliphatic carbocycles. The summed E-state index contributed by atoms with van der Waals surface area (Å²) in [4.78, 5) is 11.9. The van der Waals surface area contributed by atoms with Crippen molar-refractivity contribution in [2.24, 2.45) is 12.8 Å². The average Bonchev–Trinajstić information content (AvgIpc) is 2.86. The minimum absolute atomic E-state index is 0.202. The molecular weight excluding hydrogens is 276 g/mol. The van der Waals surface area contributed by atoms with Crippen molar-refractivity contribution < 1.29 is 4.79 Å². The van der Waals surface area contributed by atoms with E-state index in [1.807, 2.05) is 24.3 Å². The number of carbonyl (C=O) groups excluding carboxylic acids is 1. The van der Waals surface area contributed by atoms with Gasteiger partial charge in [0.2, 0.25) is 5.91 Å². The smallest absolute Gasteiger partial charge is 0.241 e. The number of hydrogen-bond donors (Lipinski definition) is 2. The van der Waals surface area contributed by atoms with Crippen molar-refractivity contribution in [1.82, 2.24) is 15.1 Å². The molecule has 3 N–H and O–H groups in total. The Balaban J connectivity index is 1.81. The molecule has 1 aromatic carbocycles. The lowest BCUT2D eigenvalue weighted by atomic mass is 10.1. The van der Waals surface area contributed by atoms with E-state index in [-0.39, 0.29) is 5.91 Å². The van der Waals surface area contributed by atoms with Gasteiger partial charge < -0.3 is 11.1 Å². The lowest BCUT2D eigenvalue weighted by Gasteiger charge is -2.10. The molecule has 1 amide bonds. The van der Waals surface area contributed by atoms with Crippen molar-refractivity contribution in [3.63, 3.8) is 0 Å². The summed E-state index contributed by atoms with van der Waals surface area (Å²) in [6.45, 7) is 0.536. The van der Waals surface area contributed by atoms with E-state index in [0.29, 0.717) is 17.1 Å². The molecule has 1 heterocycles. The molecule has 0 aliphatic rings. The Morgan fingerprint density at radius 1 is 1.45 bits per heavy atom. The summed E-state index contributed by atoms with van der Waals surface area (Å²) in [5.74, 6) is -0.202. The molecular formula is C14H17ClN4O. The van der Waals surface area contributed by atoms with Crippen molar-refractivity contribution in [3.8, 4) is 0 Å². The van der Waals surface area contributed by atoms with Gasteiger partial charge >= 0.3 is 0 Å². The second-order valence-corrected chi connectivity index (χ2v) is 5.03. The molecule has 0 bridgehead atoms. The number of nitrogens with one attached hydrogen (secondary N) is 1. The van der Waals surface area contributed by atoms with Crippen molar-refractivity contribution in [2.45, 2.75) is 12.5 Å². The number of carbonyl (C=O) groups is 1. The quantitative estimate of drug-likeness (QED) is 0.876. The standard InChI is InChI=1S/C14H17ClN4O/c1-19-9-11(8-18-19)13(16)14(20)17-7-6-10-2-4-12(15)5-3-10/h2-5,8-9,13H,6-7,16H2,1H3,(H,17,20). The van der Waals surface area contributed by atoms with E-state index < -0.39 is 6.04 Å². The van der Waals surface area contributed by atoms with Gasteiger partial charge in [-0.1, -0.05) is 23.7 Å². The van der Waals surface area contributed by atoms with Gasteiger partial charge in [0, 0.05) is 30.4 Å². The fourth-order valence-electron chi connectivity index (χ4n) is 1.84. The summed E-state index contributed by atoms with van der Waals surface area (Å²) in [6.07, 6.45) is 4.08. The van der Waals surface area contributed by atoms with Crippen LogP contribution in [-0.2, 0) is 18.3 Å². The number of nitrogens with two attached hydrogens (primary N) is 1. The van der Waals surface area contributed by atoms with Crippen LogP contribution in [0.5, 0.6) is 0 Å². The second-order valence-electron chi connectivity index (χ2n) is 4.59.